The van der Waals surface area contributed by atoms with Crippen molar-refractivity contribution in [1.82, 2.24) is 9.97 Å². The average Bonchev–Trinajstić information content (AvgIpc) is 2.49. The summed E-state index contributed by atoms with van der Waals surface area (Å²) in [5, 5.41) is 13.6. The Morgan fingerprint density at radius 3 is 2.57 bits per heavy atom. The van der Waals surface area contributed by atoms with Crippen LogP contribution in [0.4, 0.5) is 11.5 Å². The SMILES string of the molecule is O=C(O)c1ccc2c(Nc3ccc(Cl)cc3)ncnc2c1. The number of aromatic nitrogens is 2. The van der Waals surface area contributed by atoms with E-state index < -0.39 is 5.97 Å². The van der Waals surface area contributed by atoms with E-state index in [1.807, 2.05) is 12.1 Å². The molecule has 0 aliphatic rings. The van der Waals surface area contributed by atoms with Crippen LogP contribution < -0.4 is 5.32 Å². The van der Waals surface area contributed by atoms with E-state index in [1.54, 1.807) is 18.2 Å². The maximum absolute atomic E-state index is 11.0. The molecule has 0 saturated carbocycles. The fourth-order valence-electron chi connectivity index (χ4n) is 1.96. The number of carbonyl (C=O) groups is 1. The number of aromatic carboxylic acids is 1. The van der Waals surface area contributed by atoms with Crippen LogP contribution in [0.3, 0.4) is 0 Å². The van der Waals surface area contributed by atoms with Gasteiger partial charge in [0.15, 0.2) is 0 Å². The van der Waals surface area contributed by atoms with Crippen LogP contribution in [0.15, 0.2) is 48.8 Å². The molecule has 0 bridgehead atoms. The Labute approximate surface area is 125 Å². The van der Waals surface area contributed by atoms with Crippen LogP contribution in [-0.4, -0.2) is 21.0 Å². The minimum Gasteiger partial charge on any atom is -0.478 e. The Hall–Kier alpha value is -2.66. The maximum atomic E-state index is 11.0. The van der Waals surface area contributed by atoms with E-state index in [0.717, 1.165) is 11.1 Å². The molecule has 0 aliphatic carbocycles. The predicted molar refractivity (Wildman–Crippen MR) is 81.2 cm³/mol. The third-order valence-corrected chi connectivity index (χ3v) is 3.24. The second-order valence-corrected chi connectivity index (χ2v) is 4.83. The molecule has 0 radical (unpaired) electrons. The molecule has 5 nitrogen and oxygen atoms in total. The minimum atomic E-state index is -0.984. The number of anilines is 2. The van der Waals surface area contributed by atoms with E-state index >= 15 is 0 Å². The van der Waals surface area contributed by atoms with Crippen LogP contribution >= 0.6 is 11.6 Å². The number of carboxylic acid groups (broad SMARTS) is 1. The summed E-state index contributed by atoms with van der Waals surface area (Å²) in [4.78, 5) is 19.3. The lowest BCUT2D eigenvalue weighted by atomic mass is 10.1. The summed E-state index contributed by atoms with van der Waals surface area (Å²) in [7, 11) is 0. The Morgan fingerprint density at radius 2 is 1.86 bits per heavy atom. The van der Waals surface area contributed by atoms with Crippen LogP contribution in [-0.2, 0) is 0 Å². The van der Waals surface area contributed by atoms with Gasteiger partial charge in [0.05, 0.1) is 11.1 Å². The van der Waals surface area contributed by atoms with E-state index in [0.29, 0.717) is 16.4 Å². The molecule has 3 aromatic rings. The molecule has 0 fully saturated rings. The second kappa shape index (κ2) is 5.38. The highest BCUT2D eigenvalue weighted by Crippen LogP contribution is 2.24. The van der Waals surface area contributed by atoms with Gasteiger partial charge in [-0.05, 0) is 42.5 Å². The number of carboxylic acids is 1. The number of hydrogen-bond acceptors (Lipinski definition) is 4. The van der Waals surface area contributed by atoms with Gasteiger partial charge >= 0.3 is 5.97 Å². The molecule has 1 aromatic heterocycles. The Bertz CT molecular complexity index is 819. The van der Waals surface area contributed by atoms with Crippen molar-refractivity contribution in [3.05, 3.63) is 59.4 Å². The number of hydrogen-bond donors (Lipinski definition) is 2. The quantitative estimate of drug-likeness (QED) is 0.771. The second-order valence-electron chi connectivity index (χ2n) is 4.39. The summed E-state index contributed by atoms with van der Waals surface area (Å²) in [6.07, 6.45) is 1.40. The highest BCUT2D eigenvalue weighted by molar-refractivity contribution is 6.30. The molecule has 1 heterocycles. The van der Waals surface area contributed by atoms with Crippen LogP contribution in [0.5, 0.6) is 0 Å². The average molecular weight is 300 g/mol. The summed E-state index contributed by atoms with van der Waals surface area (Å²) in [6.45, 7) is 0. The highest BCUT2D eigenvalue weighted by Gasteiger charge is 2.08. The maximum Gasteiger partial charge on any atom is 0.335 e. The predicted octanol–water partition coefficient (Wildman–Crippen LogP) is 3.73. The smallest absolute Gasteiger partial charge is 0.335 e. The molecule has 3 rings (SSSR count). The topological polar surface area (TPSA) is 75.1 Å². The molecule has 0 unspecified atom stereocenters. The summed E-state index contributed by atoms with van der Waals surface area (Å²) in [6, 6.07) is 12.0. The minimum absolute atomic E-state index is 0.193. The molecule has 21 heavy (non-hydrogen) atoms. The highest BCUT2D eigenvalue weighted by atomic mass is 35.5. The van der Waals surface area contributed by atoms with Crippen molar-refractivity contribution in [2.45, 2.75) is 0 Å². The van der Waals surface area contributed by atoms with E-state index in [4.69, 9.17) is 16.7 Å². The van der Waals surface area contributed by atoms with Crippen molar-refractivity contribution < 1.29 is 9.90 Å². The zero-order valence-corrected chi connectivity index (χ0v) is 11.5. The summed E-state index contributed by atoms with van der Waals surface area (Å²) < 4.78 is 0. The molecule has 104 valence electrons. The van der Waals surface area contributed by atoms with Crippen LogP contribution in [0.2, 0.25) is 5.02 Å². The van der Waals surface area contributed by atoms with Gasteiger partial charge in [0.1, 0.15) is 12.1 Å². The third-order valence-electron chi connectivity index (χ3n) is 2.99. The fourth-order valence-corrected chi connectivity index (χ4v) is 2.09. The van der Waals surface area contributed by atoms with Gasteiger partial charge in [0, 0.05) is 16.1 Å². The van der Waals surface area contributed by atoms with Crippen molar-refractivity contribution in [1.29, 1.82) is 0 Å². The lowest BCUT2D eigenvalue weighted by Gasteiger charge is -2.08. The zero-order valence-electron chi connectivity index (χ0n) is 10.7. The van der Waals surface area contributed by atoms with Crippen molar-refractivity contribution in [2.24, 2.45) is 0 Å². The summed E-state index contributed by atoms with van der Waals surface area (Å²) >= 11 is 5.85. The molecule has 0 atom stereocenters. The molecule has 0 aliphatic heterocycles. The number of halogens is 1. The Morgan fingerprint density at radius 1 is 1.10 bits per heavy atom. The molecule has 0 saturated heterocycles. The first-order valence-corrected chi connectivity index (χ1v) is 6.52. The van der Waals surface area contributed by atoms with Crippen molar-refractivity contribution >= 4 is 40.0 Å². The Kier molecular flexibility index (Phi) is 3.41. The summed E-state index contributed by atoms with van der Waals surface area (Å²) in [5.41, 5.74) is 1.60. The molecule has 0 amide bonds. The fraction of sp³-hybridized carbons (Fsp3) is 0. The normalized spacial score (nSPS) is 10.5. The van der Waals surface area contributed by atoms with Gasteiger partial charge < -0.3 is 10.4 Å². The van der Waals surface area contributed by atoms with Gasteiger partial charge in [-0.15, -0.1) is 0 Å². The molecule has 2 aromatic carbocycles. The largest absolute Gasteiger partial charge is 0.478 e. The number of rotatable bonds is 3. The number of nitrogens with zero attached hydrogens (tertiary/aromatic N) is 2. The first-order chi connectivity index (χ1) is 10.1. The number of benzene rings is 2. The third kappa shape index (κ3) is 2.78. The van der Waals surface area contributed by atoms with Gasteiger partial charge in [-0.3, -0.25) is 0 Å². The van der Waals surface area contributed by atoms with Crippen LogP contribution in [0.25, 0.3) is 10.9 Å². The lowest BCUT2D eigenvalue weighted by Crippen LogP contribution is -1.99. The lowest BCUT2D eigenvalue weighted by molar-refractivity contribution is 0.0697. The summed E-state index contributed by atoms with van der Waals surface area (Å²) in [5.74, 6) is -0.373. The van der Waals surface area contributed by atoms with E-state index in [9.17, 15) is 4.79 Å². The van der Waals surface area contributed by atoms with Crippen LogP contribution in [0, 0.1) is 0 Å². The van der Waals surface area contributed by atoms with Gasteiger partial charge in [-0.25, -0.2) is 14.8 Å². The van der Waals surface area contributed by atoms with Gasteiger partial charge in [0.25, 0.3) is 0 Å². The standard InChI is InChI=1S/C15H10ClN3O2/c16-10-2-4-11(5-3-10)19-14-12-6-1-9(15(20)21)7-13(12)17-8-18-14/h1-8H,(H,20,21)(H,17,18,19). The van der Waals surface area contributed by atoms with Crippen molar-refractivity contribution in [3.63, 3.8) is 0 Å². The van der Waals surface area contributed by atoms with Crippen molar-refractivity contribution in [2.75, 3.05) is 5.32 Å². The monoisotopic (exact) mass is 299 g/mol. The zero-order chi connectivity index (χ0) is 14.8. The van der Waals surface area contributed by atoms with Gasteiger partial charge in [-0.2, -0.15) is 0 Å². The van der Waals surface area contributed by atoms with E-state index in [-0.39, 0.29) is 5.56 Å². The van der Waals surface area contributed by atoms with E-state index in [2.05, 4.69) is 15.3 Å². The molecule has 0 spiro atoms. The first kappa shape index (κ1) is 13.3. The van der Waals surface area contributed by atoms with Gasteiger partial charge in [-0.1, -0.05) is 11.6 Å². The molecule has 6 heteroatoms. The van der Waals surface area contributed by atoms with E-state index in [1.165, 1.54) is 18.5 Å². The molecular weight excluding hydrogens is 290 g/mol. The van der Waals surface area contributed by atoms with Crippen LogP contribution in [0.1, 0.15) is 10.4 Å². The number of nitrogens with one attached hydrogen (secondary N) is 1. The number of fused-ring (bicyclic) bond motifs is 1. The molecular formula is C15H10ClN3O2. The van der Waals surface area contributed by atoms with Gasteiger partial charge in [0.2, 0.25) is 0 Å². The first-order valence-electron chi connectivity index (χ1n) is 6.14. The van der Waals surface area contributed by atoms with Crippen molar-refractivity contribution in [3.8, 4) is 0 Å². The molecule has 2 N–H and O–H groups in total. The Balaban J connectivity index is 2.02.